The number of unbranched alkanes of at least 4 members (excludes halogenated alkanes) is 1. The molecule has 4 aliphatic carbocycles. The van der Waals surface area contributed by atoms with Gasteiger partial charge >= 0.3 is 5.97 Å². The molecule has 4 fully saturated rings. The van der Waals surface area contributed by atoms with E-state index < -0.39 is 5.97 Å². The van der Waals surface area contributed by atoms with Gasteiger partial charge in [-0.2, -0.15) is 0 Å². The van der Waals surface area contributed by atoms with Crippen molar-refractivity contribution in [2.45, 2.75) is 103 Å². The molecule has 4 nitrogen and oxygen atoms in total. The molecule has 0 aromatic heterocycles. The van der Waals surface area contributed by atoms with Crippen molar-refractivity contribution in [1.82, 2.24) is 4.90 Å². The fraction of sp³-hybridized carbons (Fsp3) is 0.963. The Morgan fingerprint density at radius 1 is 0.968 bits per heavy atom. The van der Waals surface area contributed by atoms with Crippen LogP contribution in [0.15, 0.2) is 0 Å². The summed E-state index contributed by atoms with van der Waals surface area (Å²) in [6.45, 7) is 6.82. The minimum atomic E-state index is -0.703. The Hall–Kier alpha value is -0.610. The number of carboxylic acid groups (broad SMARTS) is 1. The molecule has 0 amide bonds. The van der Waals surface area contributed by atoms with Crippen LogP contribution in [0.3, 0.4) is 0 Å². The molecule has 4 rings (SSSR count). The van der Waals surface area contributed by atoms with Gasteiger partial charge in [0.25, 0.3) is 0 Å². The summed E-state index contributed by atoms with van der Waals surface area (Å²) in [6, 6.07) is 0. The van der Waals surface area contributed by atoms with Gasteiger partial charge in [-0.1, -0.05) is 33.1 Å². The lowest BCUT2D eigenvalue weighted by Crippen LogP contribution is -2.57. The topological polar surface area (TPSA) is 60.8 Å². The molecule has 8 atom stereocenters. The zero-order valence-electron chi connectivity index (χ0n) is 20.3. The average Bonchev–Trinajstić information content (AvgIpc) is 3.06. The maximum atomic E-state index is 11.3. The highest BCUT2D eigenvalue weighted by Gasteiger charge is 2.61. The summed E-state index contributed by atoms with van der Waals surface area (Å²) in [6.07, 6.45) is 15.9. The lowest BCUT2D eigenvalue weighted by Gasteiger charge is -2.62. The first kappa shape index (κ1) is 23.5. The summed E-state index contributed by atoms with van der Waals surface area (Å²) in [5.74, 6) is 2.89. The third-order valence-corrected chi connectivity index (χ3v) is 10.8. The molecule has 4 heteroatoms. The van der Waals surface area contributed by atoms with Crippen LogP contribution in [0.4, 0.5) is 0 Å². The Morgan fingerprint density at radius 3 is 2.52 bits per heavy atom. The van der Waals surface area contributed by atoms with Crippen molar-refractivity contribution < 1.29 is 15.0 Å². The van der Waals surface area contributed by atoms with Crippen LogP contribution in [0.1, 0.15) is 97.3 Å². The highest BCUT2D eigenvalue weighted by molar-refractivity contribution is 5.66. The van der Waals surface area contributed by atoms with Crippen LogP contribution in [-0.2, 0) is 4.79 Å². The second kappa shape index (κ2) is 9.33. The highest BCUT2D eigenvalue weighted by atomic mass is 16.4. The molecular formula is C27H47NO3. The van der Waals surface area contributed by atoms with Crippen molar-refractivity contribution in [2.24, 2.45) is 40.4 Å². The Kier molecular flexibility index (Phi) is 7.09. The maximum absolute atomic E-state index is 11.3. The Balaban J connectivity index is 1.34. The van der Waals surface area contributed by atoms with Crippen LogP contribution in [-0.4, -0.2) is 47.3 Å². The molecule has 0 aromatic rings. The molecule has 4 aliphatic rings. The summed E-state index contributed by atoms with van der Waals surface area (Å²) in [5.41, 5.74) is 0.914. The number of hydrogen-bond acceptors (Lipinski definition) is 3. The van der Waals surface area contributed by atoms with Crippen molar-refractivity contribution in [3.63, 3.8) is 0 Å². The number of aliphatic hydroxyl groups excluding tert-OH is 1. The fourth-order valence-corrected chi connectivity index (χ4v) is 9.01. The standard InChI is InChI=1S/C27H47NO3/c1-26-14-6-4-9-20(26)18-23(29)25-21-11-10-19(27(21,2)15-12-22(25)26)8-5-7-16-28(3)17-13-24(30)31/h19-23,25,29H,4-18H2,1-3H3,(H,30,31). The van der Waals surface area contributed by atoms with Crippen LogP contribution < -0.4 is 0 Å². The Bertz CT molecular complexity index is 638. The van der Waals surface area contributed by atoms with Crippen molar-refractivity contribution in [1.29, 1.82) is 0 Å². The molecule has 0 radical (unpaired) electrons. The minimum Gasteiger partial charge on any atom is -0.481 e. The number of aliphatic hydroxyl groups is 1. The van der Waals surface area contributed by atoms with E-state index >= 15 is 0 Å². The van der Waals surface area contributed by atoms with E-state index in [4.69, 9.17) is 5.11 Å². The SMILES string of the molecule is CN(CCCCC1CCC2C3C(O)CC4CCCCC4(C)C3CCC12C)CCC(=O)O. The number of hydrogen-bond donors (Lipinski definition) is 2. The molecule has 31 heavy (non-hydrogen) atoms. The van der Waals surface area contributed by atoms with Crippen molar-refractivity contribution in [2.75, 3.05) is 20.1 Å². The predicted molar refractivity (Wildman–Crippen MR) is 125 cm³/mol. The van der Waals surface area contributed by atoms with E-state index in [0.29, 0.717) is 23.3 Å². The van der Waals surface area contributed by atoms with Crippen molar-refractivity contribution in [3.8, 4) is 0 Å². The number of fused-ring (bicyclic) bond motifs is 5. The van der Waals surface area contributed by atoms with E-state index in [1.165, 1.54) is 70.6 Å². The third kappa shape index (κ3) is 4.45. The van der Waals surface area contributed by atoms with Crippen molar-refractivity contribution >= 4 is 5.97 Å². The van der Waals surface area contributed by atoms with Crippen LogP contribution in [0.25, 0.3) is 0 Å². The van der Waals surface area contributed by atoms with Gasteiger partial charge in [-0.05, 0) is 112 Å². The van der Waals surface area contributed by atoms with Gasteiger partial charge in [0.15, 0.2) is 0 Å². The normalized spacial score (nSPS) is 44.5. The molecule has 0 aromatic carbocycles. The van der Waals surface area contributed by atoms with Gasteiger partial charge < -0.3 is 15.1 Å². The van der Waals surface area contributed by atoms with Crippen LogP contribution >= 0.6 is 0 Å². The van der Waals surface area contributed by atoms with Gasteiger partial charge in [-0.25, -0.2) is 0 Å². The first-order valence-electron chi connectivity index (χ1n) is 13.3. The number of nitrogens with zero attached hydrogens (tertiary/aromatic N) is 1. The number of rotatable bonds is 8. The van der Waals surface area contributed by atoms with Gasteiger partial charge in [0.1, 0.15) is 0 Å². The smallest absolute Gasteiger partial charge is 0.304 e. The number of aliphatic carboxylic acids is 1. The second-order valence-electron chi connectivity index (χ2n) is 12.3. The molecule has 2 N–H and O–H groups in total. The van der Waals surface area contributed by atoms with E-state index in [0.717, 1.165) is 36.6 Å². The predicted octanol–water partition coefficient (Wildman–Crippen LogP) is 5.58. The first-order chi connectivity index (χ1) is 14.8. The maximum Gasteiger partial charge on any atom is 0.304 e. The van der Waals surface area contributed by atoms with E-state index in [9.17, 15) is 9.90 Å². The van der Waals surface area contributed by atoms with Crippen LogP contribution in [0.2, 0.25) is 0 Å². The molecular weight excluding hydrogens is 386 g/mol. The summed E-state index contributed by atoms with van der Waals surface area (Å²) < 4.78 is 0. The van der Waals surface area contributed by atoms with Gasteiger partial charge in [0.2, 0.25) is 0 Å². The van der Waals surface area contributed by atoms with Gasteiger partial charge in [-0.3, -0.25) is 4.79 Å². The molecule has 0 aliphatic heterocycles. The minimum absolute atomic E-state index is 0.0626. The van der Waals surface area contributed by atoms with Crippen LogP contribution in [0.5, 0.6) is 0 Å². The van der Waals surface area contributed by atoms with E-state index in [2.05, 4.69) is 18.7 Å². The van der Waals surface area contributed by atoms with Gasteiger partial charge in [0.05, 0.1) is 12.5 Å². The second-order valence-corrected chi connectivity index (χ2v) is 12.3. The molecule has 8 unspecified atom stereocenters. The van der Waals surface area contributed by atoms with E-state index in [-0.39, 0.29) is 12.5 Å². The Labute approximate surface area is 190 Å². The number of carboxylic acids is 1. The quantitative estimate of drug-likeness (QED) is 0.490. The Morgan fingerprint density at radius 2 is 1.74 bits per heavy atom. The summed E-state index contributed by atoms with van der Waals surface area (Å²) in [5, 5.41) is 20.2. The summed E-state index contributed by atoms with van der Waals surface area (Å²) >= 11 is 0. The highest BCUT2D eigenvalue weighted by Crippen LogP contribution is 2.67. The molecule has 0 spiro atoms. The first-order valence-corrected chi connectivity index (χ1v) is 13.3. The zero-order valence-corrected chi connectivity index (χ0v) is 20.3. The van der Waals surface area contributed by atoms with Gasteiger partial charge in [0, 0.05) is 6.54 Å². The molecule has 0 heterocycles. The molecule has 4 saturated carbocycles. The zero-order chi connectivity index (χ0) is 22.2. The van der Waals surface area contributed by atoms with E-state index in [1.54, 1.807) is 0 Å². The molecule has 0 saturated heterocycles. The third-order valence-electron chi connectivity index (χ3n) is 10.8. The number of carbonyl (C=O) groups is 1. The van der Waals surface area contributed by atoms with Gasteiger partial charge in [-0.15, -0.1) is 0 Å². The average molecular weight is 434 g/mol. The van der Waals surface area contributed by atoms with Crippen molar-refractivity contribution in [3.05, 3.63) is 0 Å². The lowest BCUT2D eigenvalue weighted by molar-refractivity contribution is -0.162. The fourth-order valence-electron chi connectivity index (χ4n) is 9.01. The summed E-state index contributed by atoms with van der Waals surface area (Å²) in [4.78, 5) is 12.9. The largest absolute Gasteiger partial charge is 0.481 e. The summed E-state index contributed by atoms with van der Waals surface area (Å²) in [7, 11) is 2.04. The molecule has 178 valence electrons. The van der Waals surface area contributed by atoms with E-state index in [1.807, 2.05) is 7.05 Å². The van der Waals surface area contributed by atoms with Crippen LogP contribution in [0, 0.1) is 40.4 Å². The lowest BCUT2D eigenvalue weighted by atomic mass is 9.44. The monoisotopic (exact) mass is 433 g/mol. The molecule has 0 bridgehead atoms.